The Bertz CT molecular complexity index is 1110. The minimum Gasteiger partial charge on any atom is -0.352 e. The average molecular weight is 501 g/mol. The van der Waals surface area contributed by atoms with E-state index in [0.29, 0.717) is 48.2 Å². The third-order valence-corrected chi connectivity index (χ3v) is 7.64. The van der Waals surface area contributed by atoms with Crippen molar-refractivity contribution in [1.82, 2.24) is 15.1 Å². The predicted octanol–water partition coefficient (Wildman–Crippen LogP) is 3.55. The molecule has 3 aliphatic rings. The maximum atomic E-state index is 13.7. The van der Waals surface area contributed by atoms with Crippen LogP contribution in [0.1, 0.15) is 36.0 Å². The lowest BCUT2D eigenvalue weighted by atomic mass is 9.85. The number of nitrogens with one attached hydrogen (secondary N) is 1. The van der Waals surface area contributed by atoms with Gasteiger partial charge >= 0.3 is 0 Å². The smallest absolute Gasteiger partial charge is 0.253 e. The van der Waals surface area contributed by atoms with Gasteiger partial charge in [-0.2, -0.15) is 0 Å². The second-order valence-corrected chi connectivity index (χ2v) is 10.0. The molecule has 1 saturated carbocycles. The van der Waals surface area contributed by atoms with Gasteiger partial charge in [-0.25, -0.2) is 0 Å². The summed E-state index contributed by atoms with van der Waals surface area (Å²) in [6, 6.07) is 14.9. The molecule has 5 rings (SSSR count). The Hall–Kier alpha value is -2.77. The van der Waals surface area contributed by atoms with E-state index in [4.69, 9.17) is 23.2 Å². The van der Waals surface area contributed by atoms with Crippen LogP contribution in [0.4, 0.5) is 5.69 Å². The Balaban J connectivity index is 1.35. The molecule has 3 amide bonds. The molecular weight excluding hydrogens is 475 g/mol. The third-order valence-electron chi connectivity index (χ3n) is 6.90. The molecule has 0 radical (unpaired) electrons. The van der Waals surface area contributed by atoms with Crippen molar-refractivity contribution in [3.05, 3.63) is 64.1 Å². The molecule has 1 spiro atoms. The highest BCUT2D eigenvalue weighted by molar-refractivity contribution is 6.42. The van der Waals surface area contributed by atoms with Crippen molar-refractivity contribution in [2.24, 2.45) is 0 Å². The van der Waals surface area contributed by atoms with E-state index in [0.717, 1.165) is 18.5 Å². The van der Waals surface area contributed by atoms with Gasteiger partial charge in [-0.3, -0.25) is 14.4 Å². The third kappa shape index (κ3) is 4.34. The second kappa shape index (κ2) is 9.12. The molecule has 9 heteroatoms. The number of amides is 3. The Morgan fingerprint density at radius 3 is 2.35 bits per heavy atom. The van der Waals surface area contributed by atoms with Gasteiger partial charge in [-0.15, -0.1) is 0 Å². The van der Waals surface area contributed by atoms with Crippen LogP contribution in [0.3, 0.4) is 0 Å². The first-order valence-electron chi connectivity index (χ1n) is 11.5. The fourth-order valence-corrected chi connectivity index (χ4v) is 5.19. The van der Waals surface area contributed by atoms with Crippen LogP contribution in [0.15, 0.2) is 48.5 Å². The molecule has 1 N–H and O–H groups in total. The van der Waals surface area contributed by atoms with Crippen LogP contribution in [-0.2, 0) is 9.59 Å². The summed E-state index contributed by atoms with van der Waals surface area (Å²) in [5, 5.41) is 3.71. The Morgan fingerprint density at radius 1 is 1.00 bits per heavy atom. The first kappa shape index (κ1) is 23.0. The standard InChI is InChI=1S/C25H26Cl2N4O3/c26-20-9-6-17(14-21(20)27)23(33)29-12-10-25(11-13-29)24(34)30(15-22(32)28-18-7-8-18)16-31(25)19-4-2-1-3-5-19/h1-6,9,14,18H,7-8,10-13,15-16H2,(H,28,32). The fourth-order valence-electron chi connectivity index (χ4n) is 4.89. The molecule has 34 heavy (non-hydrogen) atoms. The number of piperidine rings is 1. The van der Waals surface area contributed by atoms with Crippen LogP contribution in [-0.4, -0.2) is 65.4 Å². The zero-order chi connectivity index (χ0) is 23.9. The summed E-state index contributed by atoms with van der Waals surface area (Å²) < 4.78 is 0. The summed E-state index contributed by atoms with van der Waals surface area (Å²) in [5.41, 5.74) is 0.627. The molecule has 0 aromatic heterocycles. The van der Waals surface area contributed by atoms with E-state index in [-0.39, 0.29) is 30.3 Å². The average Bonchev–Trinajstić information content (AvgIpc) is 3.62. The van der Waals surface area contributed by atoms with Gasteiger partial charge in [0.2, 0.25) is 5.91 Å². The highest BCUT2D eigenvalue weighted by Gasteiger charge is 2.54. The molecule has 1 aliphatic carbocycles. The summed E-state index contributed by atoms with van der Waals surface area (Å²) in [4.78, 5) is 44.7. The number of halogens is 2. The zero-order valence-corrected chi connectivity index (χ0v) is 20.2. The van der Waals surface area contributed by atoms with Crippen LogP contribution in [0.2, 0.25) is 10.0 Å². The lowest BCUT2D eigenvalue weighted by Crippen LogP contribution is -2.57. The van der Waals surface area contributed by atoms with Gasteiger partial charge in [0.05, 0.1) is 16.7 Å². The van der Waals surface area contributed by atoms with Crippen LogP contribution in [0.25, 0.3) is 0 Å². The van der Waals surface area contributed by atoms with Crippen molar-refractivity contribution in [3.63, 3.8) is 0 Å². The van der Waals surface area contributed by atoms with E-state index in [9.17, 15) is 14.4 Å². The van der Waals surface area contributed by atoms with Gasteiger partial charge in [-0.1, -0.05) is 41.4 Å². The van der Waals surface area contributed by atoms with E-state index >= 15 is 0 Å². The fraction of sp³-hybridized carbons (Fsp3) is 0.400. The second-order valence-electron chi connectivity index (χ2n) is 9.20. The molecule has 178 valence electrons. The van der Waals surface area contributed by atoms with E-state index in [1.165, 1.54) is 0 Å². The van der Waals surface area contributed by atoms with E-state index in [2.05, 4.69) is 10.2 Å². The van der Waals surface area contributed by atoms with Crippen LogP contribution >= 0.6 is 23.2 Å². The van der Waals surface area contributed by atoms with Gasteiger partial charge in [0.25, 0.3) is 11.8 Å². The summed E-state index contributed by atoms with van der Waals surface area (Å²) in [7, 11) is 0. The number of nitrogens with zero attached hydrogens (tertiary/aromatic N) is 3. The minimum absolute atomic E-state index is 0.0480. The van der Waals surface area contributed by atoms with E-state index in [1.54, 1.807) is 28.0 Å². The highest BCUT2D eigenvalue weighted by atomic mass is 35.5. The molecule has 0 unspecified atom stereocenters. The Labute approximate surface area is 208 Å². The maximum Gasteiger partial charge on any atom is 0.253 e. The molecule has 2 aromatic rings. The molecule has 2 aromatic carbocycles. The number of carbonyl (C=O) groups is 3. The number of likely N-dealkylation sites (tertiary alicyclic amines) is 1. The number of carbonyl (C=O) groups excluding carboxylic acids is 3. The van der Waals surface area contributed by atoms with Crippen molar-refractivity contribution in [1.29, 1.82) is 0 Å². The highest BCUT2D eigenvalue weighted by Crippen LogP contribution is 2.40. The van der Waals surface area contributed by atoms with Crippen LogP contribution in [0.5, 0.6) is 0 Å². The molecule has 2 heterocycles. The maximum absolute atomic E-state index is 13.7. The summed E-state index contributed by atoms with van der Waals surface area (Å²) in [6.45, 7) is 1.25. The van der Waals surface area contributed by atoms with Gasteiger partial charge in [-0.05, 0) is 56.0 Å². The monoisotopic (exact) mass is 500 g/mol. The van der Waals surface area contributed by atoms with Gasteiger partial charge in [0.1, 0.15) is 12.1 Å². The molecular formula is C25H26Cl2N4O3. The van der Waals surface area contributed by atoms with Crippen LogP contribution in [0, 0.1) is 0 Å². The zero-order valence-electron chi connectivity index (χ0n) is 18.7. The van der Waals surface area contributed by atoms with Crippen molar-refractivity contribution in [2.45, 2.75) is 37.3 Å². The van der Waals surface area contributed by atoms with Gasteiger partial charge in [0, 0.05) is 30.4 Å². The topological polar surface area (TPSA) is 73.0 Å². The molecule has 0 atom stereocenters. The lowest BCUT2D eigenvalue weighted by Gasteiger charge is -2.43. The number of benzene rings is 2. The number of hydrogen-bond acceptors (Lipinski definition) is 4. The van der Waals surface area contributed by atoms with Gasteiger partial charge < -0.3 is 20.0 Å². The summed E-state index contributed by atoms with van der Waals surface area (Å²) in [6.07, 6.45) is 2.97. The van der Waals surface area contributed by atoms with Crippen molar-refractivity contribution in [3.8, 4) is 0 Å². The Kier molecular flexibility index (Phi) is 6.16. The number of anilines is 1. The predicted molar refractivity (Wildman–Crippen MR) is 131 cm³/mol. The summed E-state index contributed by atoms with van der Waals surface area (Å²) in [5.74, 6) is -0.303. The first-order valence-corrected chi connectivity index (χ1v) is 12.3. The largest absolute Gasteiger partial charge is 0.352 e. The molecule has 0 bridgehead atoms. The Morgan fingerprint density at radius 2 is 1.71 bits per heavy atom. The first-order chi connectivity index (χ1) is 16.4. The minimum atomic E-state index is -0.782. The molecule has 3 fully saturated rings. The van der Waals surface area contributed by atoms with Crippen molar-refractivity contribution < 1.29 is 14.4 Å². The quantitative estimate of drug-likeness (QED) is 0.681. The molecule has 2 saturated heterocycles. The van der Waals surface area contributed by atoms with Gasteiger partial charge in [0.15, 0.2) is 0 Å². The summed E-state index contributed by atoms with van der Waals surface area (Å²) >= 11 is 12.1. The SMILES string of the molecule is O=C(CN1CN(c2ccccc2)C2(CCN(C(=O)c3ccc(Cl)c(Cl)c3)CC2)C1=O)NC1CC1. The van der Waals surface area contributed by atoms with Crippen LogP contribution < -0.4 is 10.2 Å². The normalized spacial score (nSPS) is 19.6. The van der Waals surface area contributed by atoms with Crippen molar-refractivity contribution in [2.75, 3.05) is 31.2 Å². The molecule has 7 nitrogen and oxygen atoms in total. The van der Waals surface area contributed by atoms with E-state index < -0.39 is 5.54 Å². The van der Waals surface area contributed by atoms with E-state index in [1.807, 2.05) is 30.3 Å². The number of rotatable bonds is 5. The van der Waals surface area contributed by atoms with Crippen molar-refractivity contribution >= 4 is 46.6 Å². The lowest BCUT2D eigenvalue weighted by molar-refractivity contribution is -0.137. The number of hydrogen-bond donors (Lipinski definition) is 1. The number of para-hydroxylation sites is 1. The molecule has 2 aliphatic heterocycles.